The molecule has 2 atom stereocenters. The van der Waals surface area contributed by atoms with Gasteiger partial charge in [0.25, 0.3) is 20.0 Å². The van der Waals surface area contributed by atoms with Gasteiger partial charge in [-0.1, -0.05) is 36.4 Å². The molecule has 3 rings (SSSR count). The number of hydrogen-bond donors (Lipinski definition) is 0. The minimum absolute atomic E-state index is 0.00146. The lowest BCUT2D eigenvalue weighted by Crippen LogP contribution is -2.35. The number of alkyl halides is 2. The maximum absolute atomic E-state index is 12.4. The second-order valence-electron chi connectivity index (χ2n) is 5.75. The Morgan fingerprint density at radius 3 is 1.25 bits per heavy atom. The predicted molar refractivity (Wildman–Crippen MR) is 111 cm³/mol. The van der Waals surface area contributed by atoms with E-state index in [2.05, 4.69) is 8.80 Å². The van der Waals surface area contributed by atoms with Crippen LogP contribution in [0.3, 0.4) is 0 Å². The zero-order valence-corrected chi connectivity index (χ0v) is 17.3. The van der Waals surface area contributed by atoms with Gasteiger partial charge in [0.05, 0.1) is 32.0 Å². The average Bonchev–Trinajstić information content (AvgIpc) is 2.69. The maximum atomic E-state index is 12.4. The van der Waals surface area contributed by atoms with E-state index in [1.807, 2.05) is 0 Å². The van der Waals surface area contributed by atoms with Gasteiger partial charge in [-0.05, 0) is 36.4 Å². The third-order valence-corrected chi connectivity index (χ3v) is 7.50. The van der Waals surface area contributed by atoms with Crippen LogP contribution in [-0.2, 0) is 20.0 Å². The summed E-state index contributed by atoms with van der Waals surface area (Å²) in [4.78, 5) is 0.0222. The molecule has 6 nitrogen and oxygen atoms in total. The van der Waals surface area contributed by atoms with Gasteiger partial charge in [0.2, 0.25) is 0 Å². The molecule has 1 aliphatic carbocycles. The van der Waals surface area contributed by atoms with E-state index in [-0.39, 0.29) is 21.2 Å². The van der Waals surface area contributed by atoms with E-state index >= 15 is 0 Å². The van der Waals surface area contributed by atoms with E-state index in [1.54, 1.807) is 36.4 Å². The molecule has 146 valence electrons. The van der Waals surface area contributed by atoms with E-state index in [0.717, 1.165) is 0 Å². The van der Waals surface area contributed by atoms with Crippen LogP contribution in [0.2, 0.25) is 0 Å². The first-order chi connectivity index (χ1) is 13.2. The van der Waals surface area contributed by atoms with Crippen LogP contribution >= 0.6 is 23.2 Å². The lowest BCUT2D eigenvalue weighted by atomic mass is 10.0. The van der Waals surface area contributed by atoms with Gasteiger partial charge < -0.3 is 0 Å². The van der Waals surface area contributed by atoms with E-state index in [9.17, 15) is 16.8 Å². The summed E-state index contributed by atoms with van der Waals surface area (Å²) in [5.41, 5.74) is 0.00292. The van der Waals surface area contributed by atoms with Gasteiger partial charge in [0.1, 0.15) is 0 Å². The zero-order valence-electron chi connectivity index (χ0n) is 14.2. The number of nitrogens with zero attached hydrogens (tertiary/aromatic N) is 2. The molecule has 0 unspecified atom stereocenters. The van der Waals surface area contributed by atoms with Crippen LogP contribution in [0.4, 0.5) is 0 Å². The number of hydrogen-bond acceptors (Lipinski definition) is 4. The van der Waals surface area contributed by atoms with E-state index in [0.29, 0.717) is 0 Å². The molecule has 0 radical (unpaired) electrons. The molecule has 0 bridgehead atoms. The van der Waals surface area contributed by atoms with Crippen LogP contribution in [-0.4, -0.2) is 39.0 Å². The Bertz CT molecular complexity index is 1070. The van der Waals surface area contributed by atoms with Gasteiger partial charge in [-0.3, -0.25) is 0 Å². The molecular formula is C18H14Cl2N2O4S2. The lowest BCUT2D eigenvalue weighted by molar-refractivity contribution is 0.596. The van der Waals surface area contributed by atoms with Crippen molar-refractivity contribution in [2.75, 3.05) is 0 Å². The molecule has 1 aliphatic rings. The first-order valence-corrected chi connectivity index (χ1v) is 11.7. The lowest BCUT2D eigenvalue weighted by Gasteiger charge is -2.20. The molecule has 0 heterocycles. The summed E-state index contributed by atoms with van der Waals surface area (Å²) in [5.74, 6) is 0. The van der Waals surface area contributed by atoms with Gasteiger partial charge in [-0.15, -0.1) is 23.2 Å². The minimum atomic E-state index is -3.98. The monoisotopic (exact) mass is 456 g/mol. The third-order valence-electron chi connectivity index (χ3n) is 3.78. The quantitative estimate of drug-likeness (QED) is 0.658. The Morgan fingerprint density at radius 1 is 0.607 bits per heavy atom. The van der Waals surface area contributed by atoms with Crippen molar-refractivity contribution in [3.05, 3.63) is 72.8 Å². The van der Waals surface area contributed by atoms with Crippen LogP contribution in [0, 0.1) is 0 Å². The first-order valence-electron chi connectivity index (χ1n) is 7.97. The van der Waals surface area contributed by atoms with Crippen LogP contribution < -0.4 is 0 Å². The number of sulfonamides is 2. The fraction of sp³-hybridized carbons (Fsp3) is 0.111. The molecule has 0 amide bonds. The van der Waals surface area contributed by atoms with Crippen LogP contribution in [0.5, 0.6) is 0 Å². The number of allylic oxidation sites excluding steroid dienone is 2. The molecule has 0 fully saturated rings. The van der Waals surface area contributed by atoms with Crippen LogP contribution in [0.25, 0.3) is 0 Å². The molecular weight excluding hydrogens is 443 g/mol. The van der Waals surface area contributed by atoms with Gasteiger partial charge in [0, 0.05) is 0 Å². The second kappa shape index (κ2) is 8.16. The Kier molecular flexibility index (Phi) is 6.04. The number of halogens is 2. The van der Waals surface area contributed by atoms with Gasteiger partial charge in [-0.2, -0.15) is 25.6 Å². The van der Waals surface area contributed by atoms with Gasteiger partial charge in [0.15, 0.2) is 0 Å². The Labute approximate surface area is 173 Å². The smallest absolute Gasteiger partial charge is 0.199 e. The highest BCUT2D eigenvalue weighted by Gasteiger charge is 2.31. The van der Waals surface area contributed by atoms with E-state index in [1.165, 1.54) is 36.4 Å². The summed E-state index contributed by atoms with van der Waals surface area (Å²) in [6.45, 7) is 0. The summed E-state index contributed by atoms with van der Waals surface area (Å²) in [6, 6.07) is 15.3. The molecule has 0 saturated heterocycles. The number of benzene rings is 2. The molecule has 0 aliphatic heterocycles. The molecule has 10 heteroatoms. The predicted octanol–water partition coefficient (Wildman–Crippen LogP) is 3.43. The highest BCUT2D eigenvalue weighted by molar-refractivity contribution is 7.90. The molecule has 0 aromatic heterocycles. The summed E-state index contributed by atoms with van der Waals surface area (Å²) < 4.78 is 57.1. The second-order valence-corrected chi connectivity index (χ2v) is 9.89. The van der Waals surface area contributed by atoms with Crippen molar-refractivity contribution in [1.82, 2.24) is 0 Å². The molecule has 0 spiro atoms. The molecule has 0 N–H and O–H groups in total. The van der Waals surface area contributed by atoms with Crippen LogP contribution in [0.1, 0.15) is 0 Å². The average molecular weight is 457 g/mol. The Morgan fingerprint density at radius 2 is 0.929 bits per heavy atom. The SMILES string of the molecule is O=S(=O)(N=C1C=CC(=NS(=O)(=O)c2ccccc2)[C@@H](Cl)[C@@H]1Cl)c1ccccc1. The molecule has 28 heavy (non-hydrogen) atoms. The van der Waals surface area contributed by atoms with Crippen molar-refractivity contribution >= 4 is 54.7 Å². The maximum Gasteiger partial charge on any atom is 0.282 e. The van der Waals surface area contributed by atoms with Crippen molar-refractivity contribution in [3.8, 4) is 0 Å². The number of rotatable bonds is 4. The standard InChI is InChI=1S/C18H14Cl2N2O4S2/c19-17-15(21-27(23,24)13-7-3-1-4-8-13)11-12-16(18(17)20)22-28(25,26)14-9-5-2-6-10-14/h1-12,17-18H/t17-,18-/m1/s1. The van der Waals surface area contributed by atoms with Gasteiger partial charge >= 0.3 is 0 Å². The Hall–Kier alpha value is -2.00. The molecule has 0 saturated carbocycles. The summed E-state index contributed by atoms with van der Waals surface area (Å²) >= 11 is 12.5. The fourth-order valence-electron chi connectivity index (χ4n) is 2.38. The van der Waals surface area contributed by atoms with Crippen molar-refractivity contribution < 1.29 is 16.8 Å². The fourth-order valence-corrected chi connectivity index (χ4v) is 5.12. The summed E-state index contributed by atoms with van der Waals surface area (Å²) in [6.07, 6.45) is 2.60. The Balaban J connectivity index is 1.96. The third kappa shape index (κ3) is 4.52. The highest BCUT2D eigenvalue weighted by atomic mass is 35.5. The minimum Gasteiger partial charge on any atom is -0.199 e. The van der Waals surface area contributed by atoms with Crippen molar-refractivity contribution in [1.29, 1.82) is 0 Å². The molecule has 2 aromatic carbocycles. The van der Waals surface area contributed by atoms with Gasteiger partial charge in [-0.25, -0.2) is 0 Å². The normalized spacial score (nSPS) is 23.2. The van der Waals surface area contributed by atoms with E-state index in [4.69, 9.17) is 23.2 Å². The largest absolute Gasteiger partial charge is 0.282 e. The summed E-state index contributed by atoms with van der Waals surface area (Å²) in [7, 11) is -7.95. The zero-order chi connectivity index (χ0) is 20.4. The van der Waals surface area contributed by atoms with E-state index < -0.39 is 30.8 Å². The molecule has 2 aromatic rings. The van der Waals surface area contributed by atoms with Crippen molar-refractivity contribution in [2.45, 2.75) is 20.5 Å². The topological polar surface area (TPSA) is 93.0 Å². The summed E-state index contributed by atoms with van der Waals surface area (Å²) in [5, 5.41) is -2.15. The van der Waals surface area contributed by atoms with Crippen molar-refractivity contribution in [2.24, 2.45) is 8.80 Å². The highest BCUT2D eigenvalue weighted by Crippen LogP contribution is 2.24. The first kappa shape index (κ1) is 20.7. The van der Waals surface area contributed by atoms with Crippen molar-refractivity contribution in [3.63, 3.8) is 0 Å². The van der Waals surface area contributed by atoms with Crippen LogP contribution in [0.15, 0.2) is 91.4 Å².